The van der Waals surface area contributed by atoms with Crippen LogP contribution in [0.2, 0.25) is 0 Å². The van der Waals surface area contributed by atoms with Crippen LogP contribution < -0.4 is 4.90 Å². The minimum absolute atomic E-state index is 0.0677. The molecular weight excluding hydrogens is 351 g/mol. The summed E-state index contributed by atoms with van der Waals surface area (Å²) in [6.45, 7) is 2.78. The average molecular weight is 368 g/mol. The van der Waals surface area contributed by atoms with Crippen molar-refractivity contribution >= 4 is 22.3 Å². The van der Waals surface area contributed by atoms with Gasteiger partial charge in [-0.05, 0) is 24.3 Å². The minimum atomic E-state index is -0.312. The number of hydrogen-bond acceptors (Lipinski definition) is 5. The second kappa shape index (κ2) is 7.35. The van der Waals surface area contributed by atoms with Gasteiger partial charge in [0.25, 0.3) is 0 Å². The van der Waals surface area contributed by atoms with Gasteiger partial charge < -0.3 is 9.64 Å². The molecule has 1 fully saturated rings. The lowest BCUT2D eigenvalue weighted by Gasteiger charge is -2.26. The van der Waals surface area contributed by atoms with Crippen molar-refractivity contribution in [2.24, 2.45) is 0 Å². The fraction of sp³-hybridized carbons (Fsp3) is 0.200. The van der Waals surface area contributed by atoms with E-state index >= 15 is 0 Å². The summed E-state index contributed by atoms with van der Waals surface area (Å²) in [6, 6.07) is 15.3. The highest BCUT2D eigenvalue weighted by Crippen LogP contribution is 2.35. The Morgan fingerprint density at radius 3 is 2.42 bits per heavy atom. The van der Waals surface area contributed by atoms with E-state index in [-0.39, 0.29) is 11.6 Å². The lowest BCUT2D eigenvalue weighted by molar-refractivity contribution is 0.104. The van der Waals surface area contributed by atoms with Crippen molar-refractivity contribution in [2.45, 2.75) is 0 Å². The molecule has 1 aliphatic heterocycles. The van der Waals surface area contributed by atoms with Crippen molar-refractivity contribution in [3.63, 3.8) is 0 Å². The number of hydrogen-bond donors (Lipinski definition) is 0. The normalized spacial score (nSPS) is 14.4. The summed E-state index contributed by atoms with van der Waals surface area (Å²) in [7, 11) is 0. The summed E-state index contributed by atoms with van der Waals surface area (Å²) in [5, 5.41) is 0.798. The van der Waals surface area contributed by atoms with Gasteiger partial charge >= 0.3 is 0 Å². The molecule has 6 heteroatoms. The lowest BCUT2D eigenvalue weighted by atomic mass is 10.1. The Bertz CT molecular complexity index is 903. The molecule has 0 bridgehead atoms. The van der Waals surface area contributed by atoms with E-state index in [9.17, 15) is 9.18 Å². The van der Waals surface area contributed by atoms with Crippen molar-refractivity contribution in [2.75, 3.05) is 31.2 Å². The van der Waals surface area contributed by atoms with Crippen molar-refractivity contribution in [1.29, 1.82) is 0 Å². The molecule has 132 valence electrons. The molecule has 0 spiro atoms. The Hall–Kier alpha value is -2.57. The third-order valence-electron chi connectivity index (χ3n) is 4.26. The van der Waals surface area contributed by atoms with Gasteiger partial charge in [-0.25, -0.2) is 9.37 Å². The van der Waals surface area contributed by atoms with Crippen LogP contribution in [0.25, 0.3) is 11.3 Å². The molecule has 1 saturated heterocycles. The van der Waals surface area contributed by atoms with Crippen molar-refractivity contribution in [3.8, 4) is 11.3 Å². The number of rotatable bonds is 4. The van der Waals surface area contributed by atoms with Crippen LogP contribution in [-0.4, -0.2) is 37.1 Å². The molecular formula is C20H17FN2O2S. The van der Waals surface area contributed by atoms with Crippen molar-refractivity contribution in [3.05, 3.63) is 70.9 Å². The van der Waals surface area contributed by atoms with Gasteiger partial charge in [0.1, 0.15) is 10.7 Å². The molecule has 26 heavy (non-hydrogen) atoms. The van der Waals surface area contributed by atoms with Gasteiger partial charge in [-0.1, -0.05) is 41.7 Å². The number of ketones is 1. The molecule has 1 aliphatic rings. The maximum Gasteiger partial charge on any atom is 0.205 e. The molecule has 0 saturated carbocycles. The molecule has 2 aromatic carbocycles. The van der Waals surface area contributed by atoms with Crippen LogP contribution in [0.15, 0.2) is 54.6 Å². The molecule has 4 rings (SSSR count). The first kappa shape index (κ1) is 16.9. The zero-order valence-electron chi connectivity index (χ0n) is 14.0. The first-order valence-corrected chi connectivity index (χ1v) is 9.23. The zero-order chi connectivity index (χ0) is 17.9. The molecule has 0 radical (unpaired) electrons. The van der Waals surface area contributed by atoms with Gasteiger partial charge in [0.2, 0.25) is 5.78 Å². The Balaban J connectivity index is 1.78. The van der Waals surface area contributed by atoms with Crippen molar-refractivity contribution < 1.29 is 13.9 Å². The van der Waals surface area contributed by atoms with Crippen LogP contribution >= 0.6 is 11.3 Å². The quantitative estimate of drug-likeness (QED) is 0.653. The molecule has 2 heterocycles. The topological polar surface area (TPSA) is 42.4 Å². The van der Waals surface area contributed by atoms with Crippen LogP contribution in [0.4, 0.5) is 9.52 Å². The molecule has 3 aromatic rings. The molecule has 0 unspecified atom stereocenters. The number of morpholine rings is 1. The highest BCUT2D eigenvalue weighted by molar-refractivity contribution is 7.18. The van der Waals surface area contributed by atoms with Crippen LogP contribution in [0.5, 0.6) is 0 Å². The van der Waals surface area contributed by atoms with Crippen LogP contribution in [0.1, 0.15) is 15.2 Å². The second-order valence-electron chi connectivity index (χ2n) is 5.98. The number of thiazole rings is 1. The third-order valence-corrected chi connectivity index (χ3v) is 5.37. The second-order valence-corrected chi connectivity index (χ2v) is 6.95. The van der Waals surface area contributed by atoms with Gasteiger partial charge in [-0.2, -0.15) is 0 Å². The van der Waals surface area contributed by atoms with E-state index in [2.05, 4.69) is 4.90 Å². The molecule has 0 atom stereocenters. The Morgan fingerprint density at radius 2 is 1.73 bits per heavy atom. The van der Waals surface area contributed by atoms with E-state index < -0.39 is 0 Å². The van der Waals surface area contributed by atoms with Crippen LogP contribution in [-0.2, 0) is 4.74 Å². The highest BCUT2D eigenvalue weighted by atomic mass is 32.1. The number of benzene rings is 2. The van der Waals surface area contributed by atoms with E-state index in [4.69, 9.17) is 9.72 Å². The van der Waals surface area contributed by atoms with E-state index in [0.717, 1.165) is 23.8 Å². The van der Waals surface area contributed by atoms with Gasteiger partial charge in [0, 0.05) is 24.2 Å². The predicted molar refractivity (Wildman–Crippen MR) is 100 cm³/mol. The number of anilines is 1. The van der Waals surface area contributed by atoms with E-state index in [1.807, 2.05) is 18.2 Å². The molecule has 4 nitrogen and oxygen atoms in total. The molecule has 0 N–H and O–H groups in total. The largest absolute Gasteiger partial charge is 0.378 e. The number of aromatic nitrogens is 1. The molecule has 1 aromatic heterocycles. The Kier molecular flexibility index (Phi) is 4.77. The number of carbonyl (C=O) groups excluding carboxylic acids is 1. The number of nitrogens with zero attached hydrogens (tertiary/aromatic N) is 2. The van der Waals surface area contributed by atoms with Gasteiger partial charge in [0.15, 0.2) is 5.13 Å². The van der Waals surface area contributed by atoms with Crippen LogP contribution in [0.3, 0.4) is 0 Å². The van der Waals surface area contributed by atoms with E-state index in [0.29, 0.717) is 29.3 Å². The monoisotopic (exact) mass is 368 g/mol. The van der Waals surface area contributed by atoms with Crippen molar-refractivity contribution in [1.82, 2.24) is 4.98 Å². The highest BCUT2D eigenvalue weighted by Gasteiger charge is 2.24. The summed E-state index contributed by atoms with van der Waals surface area (Å²) in [4.78, 5) is 20.5. The third kappa shape index (κ3) is 3.38. The van der Waals surface area contributed by atoms with Gasteiger partial charge in [-0.15, -0.1) is 0 Å². The first-order chi connectivity index (χ1) is 12.7. The molecule has 0 amide bonds. The SMILES string of the molecule is O=C(c1ccccc1)c1sc(N2CCOCC2)nc1-c1ccc(F)cc1. The molecule has 0 aliphatic carbocycles. The Morgan fingerprint density at radius 1 is 1.04 bits per heavy atom. The number of halogens is 1. The van der Waals surface area contributed by atoms with Gasteiger partial charge in [-0.3, -0.25) is 4.79 Å². The standard InChI is InChI=1S/C20H17FN2O2S/c21-16-8-6-14(7-9-16)17-19(18(24)15-4-2-1-3-5-15)26-20(22-17)23-10-12-25-13-11-23/h1-9H,10-13H2. The van der Waals surface area contributed by atoms with E-state index in [1.165, 1.54) is 23.5 Å². The zero-order valence-corrected chi connectivity index (χ0v) is 14.8. The fourth-order valence-electron chi connectivity index (χ4n) is 2.88. The van der Waals surface area contributed by atoms with Gasteiger partial charge in [0.05, 0.1) is 18.9 Å². The number of ether oxygens (including phenoxy) is 1. The maximum atomic E-state index is 13.3. The Labute approximate surface area is 154 Å². The predicted octanol–water partition coefficient (Wildman–Crippen LogP) is 4.02. The average Bonchev–Trinajstić information content (AvgIpc) is 3.15. The number of carbonyl (C=O) groups is 1. The summed E-state index contributed by atoms with van der Waals surface area (Å²) in [5.74, 6) is -0.379. The summed E-state index contributed by atoms with van der Waals surface area (Å²) < 4.78 is 18.7. The fourth-order valence-corrected chi connectivity index (χ4v) is 3.98. The lowest BCUT2D eigenvalue weighted by Crippen LogP contribution is -2.36. The maximum absolute atomic E-state index is 13.3. The first-order valence-electron chi connectivity index (χ1n) is 8.41. The summed E-state index contributed by atoms with van der Waals surface area (Å²) >= 11 is 1.38. The van der Waals surface area contributed by atoms with Crippen LogP contribution in [0, 0.1) is 5.82 Å². The summed E-state index contributed by atoms with van der Waals surface area (Å²) in [6.07, 6.45) is 0. The van der Waals surface area contributed by atoms with E-state index in [1.54, 1.807) is 24.3 Å². The smallest absolute Gasteiger partial charge is 0.205 e. The minimum Gasteiger partial charge on any atom is -0.378 e. The summed E-state index contributed by atoms with van der Waals surface area (Å²) in [5.41, 5.74) is 1.96.